The second-order valence-corrected chi connectivity index (χ2v) is 6.86. The van der Waals surface area contributed by atoms with Gasteiger partial charge < -0.3 is 9.64 Å². The van der Waals surface area contributed by atoms with Gasteiger partial charge in [0.05, 0.1) is 17.1 Å². The number of urea groups is 1. The maximum absolute atomic E-state index is 12.8. The average Bonchev–Trinajstić information content (AvgIpc) is 2.80. The van der Waals surface area contributed by atoms with Crippen LogP contribution in [0.25, 0.3) is 0 Å². The molecule has 0 aliphatic carbocycles. The third-order valence-electron chi connectivity index (χ3n) is 4.78. The van der Waals surface area contributed by atoms with Crippen molar-refractivity contribution in [2.45, 2.75) is 37.8 Å². The standard InChI is InChI=1S/C16H17BrN2O3/c17-11-5-3-4-10-12(7-9-22-14(10)11)19-15(20)13-6-1-2-8-18(13)16(19)21/h3-5,12-13H,1-2,6-9H2/t12-,13+/m0/s1. The van der Waals surface area contributed by atoms with E-state index < -0.39 is 0 Å². The first-order valence-electron chi connectivity index (χ1n) is 7.73. The van der Waals surface area contributed by atoms with Gasteiger partial charge in [-0.3, -0.25) is 9.69 Å². The first-order chi connectivity index (χ1) is 10.7. The molecule has 0 aromatic heterocycles. The van der Waals surface area contributed by atoms with E-state index in [9.17, 15) is 9.59 Å². The van der Waals surface area contributed by atoms with E-state index in [1.165, 1.54) is 4.90 Å². The van der Waals surface area contributed by atoms with Gasteiger partial charge in [-0.2, -0.15) is 0 Å². The van der Waals surface area contributed by atoms with E-state index in [2.05, 4.69) is 15.9 Å². The minimum Gasteiger partial charge on any atom is -0.492 e. The molecule has 3 aliphatic rings. The van der Waals surface area contributed by atoms with E-state index in [0.29, 0.717) is 19.6 Å². The molecule has 22 heavy (non-hydrogen) atoms. The highest BCUT2D eigenvalue weighted by Gasteiger charge is 2.49. The van der Waals surface area contributed by atoms with Crippen molar-refractivity contribution in [2.24, 2.45) is 0 Å². The van der Waals surface area contributed by atoms with Crippen LogP contribution >= 0.6 is 15.9 Å². The molecule has 0 bridgehead atoms. The van der Waals surface area contributed by atoms with Crippen molar-refractivity contribution in [2.75, 3.05) is 13.2 Å². The van der Waals surface area contributed by atoms with Crippen LogP contribution in [0, 0.1) is 0 Å². The molecule has 3 heterocycles. The van der Waals surface area contributed by atoms with Crippen molar-refractivity contribution < 1.29 is 14.3 Å². The molecule has 6 heteroatoms. The second-order valence-electron chi connectivity index (χ2n) is 6.01. The van der Waals surface area contributed by atoms with Crippen molar-refractivity contribution in [1.29, 1.82) is 0 Å². The lowest BCUT2D eigenvalue weighted by atomic mass is 9.98. The van der Waals surface area contributed by atoms with Crippen molar-refractivity contribution in [1.82, 2.24) is 9.80 Å². The Morgan fingerprint density at radius 3 is 2.82 bits per heavy atom. The predicted octanol–water partition coefficient (Wildman–Crippen LogP) is 3.09. The Labute approximate surface area is 137 Å². The van der Waals surface area contributed by atoms with Gasteiger partial charge in [-0.15, -0.1) is 0 Å². The van der Waals surface area contributed by atoms with E-state index in [-0.39, 0.29) is 24.0 Å². The summed E-state index contributed by atoms with van der Waals surface area (Å²) < 4.78 is 6.59. The quantitative estimate of drug-likeness (QED) is 0.719. The summed E-state index contributed by atoms with van der Waals surface area (Å²) in [5.74, 6) is 0.715. The first kappa shape index (κ1) is 14.1. The van der Waals surface area contributed by atoms with E-state index in [4.69, 9.17) is 4.74 Å². The zero-order valence-corrected chi connectivity index (χ0v) is 13.7. The predicted molar refractivity (Wildman–Crippen MR) is 83.6 cm³/mol. The fourth-order valence-corrected chi connectivity index (χ4v) is 4.23. The Balaban J connectivity index is 1.73. The largest absolute Gasteiger partial charge is 0.492 e. The smallest absolute Gasteiger partial charge is 0.328 e. The monoisotopic (exact) mass is 364 g/mol. The number of carbonyl (C=O) groups excluding carboxylic acids is 2. The van der Waals surface area contributed by atoms with Gasteiger partial charge in [0.2, 0.25) is 0 Å². The van der Waals surface area contributed by atoms with Gasteiger partial charge in [0.15, 0.2) is 0 Å². The number of ether oxygens (including phenoxy) is 1. The molecule has 5 nitrogen and oxygen atoms in total. The molecule has 0 saturated carbocycles. The van der Waals surface area contributed by atoms with Crippen LogP contribution in [0.3, 0.4) is 0 Å². The van der Waals surface area contributed by atoms with Gasteiger partial charge in [0.1, 0.15) is 11.8 Å². The third kappa shape index (κ3) is 1.96. The molecule has 3 amide bonds. The van der Waals surface area contributed by atoms with Crippen LogP contribution in [0.2, 0.25) is 0 Å². The molecule has 4 rings (SSSR count). The number of nitrogens with zero attached hydrogens (tertiary/aromatic N) is 2. The zero-order valence-electron chi connectivity index (χ0n) is 12.1. The lowest BCUT2D eigenvalue weighted by Gasteiger charge is -2.32. The molecule has 2 saturated heterocycles. The minimum atomic E-state index is -0.250. The van der Waals surface area contributed by atoms with Crippen LogP contribution in [0.5, 0.6) is 5.75 Å². The Morgan fingerprint density at radius 2 is 2.00 bits per heavy atom. The minimum absolute atomic E-state index is 0.0393. The normalized spacial score (nSPS) is 27.5. The number of piperidine rings is 1. The number of hydrogen-bond donors (Lipinski definition) is 0. The lowest BCUT2D eigenvalue weighted by Crippen LogP contribution is -2.39. The summed E-state index contributed by atoms with van der Waals surface area (Å²) in [6.07, 6.45) is 3.44. The number of amides is 3. The summed E-state index contributed by atoms with van der Waals surface area (Å²) in [5.41, 5.74) is 0.919. The molecule has 0 spiro atoms. The molecular weight excluding hydrogens is 348 g/mol. The number of rotatable bonds is 1. The number of fused-ring (bicyclic) bond motifs is 2. The number of hydrogen-bond acceptors (Lipinski definition) is 3. The van der Waals surface area contributed by atoms with Gasteiger partial charge in [-0.05, 0) is 41.3 Å². The zero-order chi connectivity index (χ0) is 15.3. The Hall–Kier alpha value is -1.56. The molecule has 116 valence electrons. The average molecular weight is 365 g/mol. The van der Waals surface area contributed by atoms with Gasteiger partial charge in [-0.25, -0.2) is 4.79 Å². The fraction of sp³-hybridized carbons (Fsp3) is 0.500. The number of imide groups is 1. The van der Waals surface area contributed by atoms with E-state index in [1.54, 1.807) is 4.90 Å². The molecule has 1 aromatic rings. The van der Waals surface area contributed by atoms with Crippen LogP contribution in [-0.4, -0.2) is 40.9 Å². The highest BCUT2D eigenvalue weighted by molar-refractivity contribution is 9.10. The number of carbonyl (C=O) groups is 2. The number of halogens is 1. The fourth-order valence-electron chi connectivity index (χ4n) is 3.73. The van der Waals surface area contributed by atoms with E-state index >= 15 is 0 Å². The highest BCUT2D eigenvalue weighted by atomic mass is 79.9. The highest BCUT2D eigenvalue weighted by Crippen LogP contribution is 2.43. The van der Waals surface area contributed by atoms with Crippen LogP contribution in [0.4, 0.5) is 4.79 Å². The third-order valence-corrected chi connectivity index (χ3v) is 5.41. The summed E-state index contributed by atoms with van der Waals surface area (Å²) in [6.45, 7) is 1.21. The molecule has 2 fully saturated rings. The molecule has 0 N–H and O–H groups in total. The van der Waals surface area contributed by atoms with E-state index in [1.807, 2.05) is 18.2 Å². The van der Waals surface area contributed by atoms with E-state index in [0.717, 1.165) is 35.0 Å². The summed E-state index contributed by atoms with van der Waals surface area (Å²) in [7, 11) is 0. The van der Waals surface area contributed by atoms with Gasteiger partial charge in [-0.1, -0.05) is 12.1 Å². The molecule has 3 aliphatic heterocycles. The Bertz CT molecular complexity index is 624. The Kier molecular flexibility index (Phi) is 3.36. The van der Waals surface area contributed by atoms with Crippen molar-refractivity contribution in [3.8, 4) is 5.75 Å². The van der Waals surface area contributed by atoms with Gasteiger partial charge >= 0.3 is 6.03 Å². The molecule has 2 atom stereocenters. The SMILES string of the molecule is O=C1[C@H]2CCCCN2C(=O)N1[C@H]1CCOc2c(Br)cccc21. The molecule has 0 unspecified atom stereocenters. The summed E-state index contributed by atoms with van der Waals surface area (Å²) in [5, 5.41) is 0. The van der Waals surface area contributed by atoms with Crippen molar-refractivity contribution in [3.05, 3.63) is 28.2 Å². The first-order valence-corrected chi connectivity index (χ1v) is 8.52. The molecule has 0 radical (unpaired) electrons. The van der Waals surface area contributed by atoms with Gasteiger partial charge in [0.25, 0.3) is 5.91 Å². The van der Waals surface area contributed by atoms with Crippen LogP contribution in [-0.2, 0) is 4.79 Å². The van der Waals surface area contributed by atoms with Crippen molar-refractivity contribution in [3.63, 3.8) is 0 Å². The van der Waals surface area contributed by atoms with Crippen LogP contribution in [0.15, 0.2) is 22.7 Å². The van der Waals surface area contributed by atoms with Gasteiger partial charge in [0, 0.05) is 18.5 Å². The lowest BCUT2D eigenvalue weighted by molar-refractivity contribution is -0.130. The number of benzene rings is 1. The van der Waals surface area contributed by atoms with Crippen LogP contribution in [0.1, 0.15) is 37.3 Å². The summed E-state index contributed by atoms with van der Waals surface area (Å²) >= 11 is 3.49. The maximum Gasteiger partial charge on any atom is 0.328 e. The molecule has 1 aromatic carbocycles. The number of para-hydroxylation sites is 1. The summed E-state index contributed by atoms with van der Waals surface area (Å²) in [6, 6.07) is 5.18. The topological polar surface area (TPSA) is 49.9 Å². The summed E-state index contributed by atoms with van der Waals surface area (Å²) in [4.78, 5) is 28.7. The van der Waals surface area contributed by atoms with Crippen molar-refractivity contribution >= 4 is 27.9 Å². The molecular formula is C16H17BrN2O3. The second kappa shape index (κ2) is 5.26. The van der Waals surface area contributed by atoms with Crippen LogP contribution < -0.4 is 4.74 Å². The Morgan fingerprint density at radius 1 is 1.14 bits per heavy atom. The maximum atomic E-state index is 12.8.